The van der Waals surface area contributed by atoms with Crippen molar-refractivity contribution < 1.29 is 4.79 Å². The van der Waals surface area contributed by atoms with Crippen LogP contribution in [0.25, 0.3) is 0 Å². The van der Waals surface area contributed by atoms with Gasteiger partial charge < -0.3 is 5.32 Å². The monoisotopic (exact) mass is 286 g/mol. The summed E-state index contributed by atoms with van der Waals surface area (Å²) < 4.78 is 0. The number of hydrogen-bond donors (Lipinski definition) is 1. The van der Waals surface area contributed by atoms with Crippen LogP contribution in [-0.2, 0) is 17.6 Å². The maximum atomic E-state index is 12.4. The van der Waals surface area contributed by atoms with E-state index in [1.165, 1.54) is 5.56 Å². The van der Waals surface area contributed by atoms with Crippen LogP contribution >= 0.6 is 11.6 Å². The first-order chi connectivity index (χ1) is 9.69. The molecule has 4 heteroatoms. The number of hydrogen-bond acceptors (Lipinski definition) is 2. The second-order valence-electron chi connectivity index (χ2n) is 4.98. The Bertz CT molecular complexity index is 669. The first-order valence-electron chi connectivity index (χ1n) is 6.71. The number of nitrogens with one attached hydrogen (secondary N) is 1. The number of fused-ring (bicyclic) bond motifs is 1. The predicted molar refractivity (Wildman–Crippen MR) is 80.1 cm³/mol. The number of rotatable bonds is 3. The molecule has 1 aliphatic rings. The molecule has 1 N–H and O–H groups in total. The summed E-state index contributed by atoms with van der Waals surface area (Å²) in [5.41, 5.74) is 4.14. The molecule has 1 unspecified atom stereocenters. The van der Waals surface area contributed by atoms with E-state index in [0.29, 0.717) is 5.02 Å². The number of carbonyl (C=O) groups excluding carboxylic acids is 1. The van der Waals surface area contributed by atoms with Gasteiger partial charge in [0.1, 0.15) is 0 Å². The Hall–Kier alpha value is -1.87. The zero-order chi connectivity index (χ0) is 14.1. The van der Waals surface area contributed by atoms with Gasteiger partial charge in [-0.3, -0.25) is 9.78 Å². The van der Waals surface area contributed by atoms with Gasteiger partial charge in [-0.25, -0.2) is 0 Å². The molecule has 1 aromatic heterocycles. The van der Waals surface area contributed by atoms with Crippen LogP contribution in [0.5, 0.6) is 0 Å². The normalized spacial score (nSPS) is 16.2. The summed E-state index contributed by atoms with van der Waals surface area (Å²) in [6.45, 7) is 2.06. The molecular formula is C16H15ClN2O. The molecule has 0 fully saturated rings. The maximum Gasteiger partial charge on any atom is 0.232 e. The van der Waals surface area contributed by atoms with Gasteiger partial charge in [0.25, 0.3) is 0 Å². The smallest absolute Gasteiger partial charge is 0.232 e. The number of benzene rings is 1. The second-order valence-corrected chi connectivity index (χ2v) is 5.41. The van der Waals surface area contributed by atoms with Gasteiger partial charge >= 0.3 is 0 Å². The van der Waals surface area contributed by atoms with Gasteiger partial charge in [-0.2, -0.15) is 0 Å². The third-order valence-electron chi connectivity index (χ3n) is 3.77. The molecule has 1 amide bonds. The minimum atomic E-state index is -0.103. The maximum absolute atomic E-state index is 12.4. The van der Waals surface area contributed by atoms with Gasteiger partial charge in [0.2, 0.25) is 5.91 Å². The zero-order valence-electron chi connectivity index (χ0n) is 11.2. The van der Waals surface area contributed by atoms with Crippen LogP contribution in [0, 0.1) is 0 Å². The van der Waals surface area contributed by atoms with Gasteiger partial charge in [0.15, 0.2) is 0 Å². The van der Waals surface area contributed by atoms with Crippen molar-refractivity contribution in [3.63, 3.8) is 0 Å². The number of halogens is 1. The van der Waals surface area contributed by atoms with Gasteiger partial charge in [-0.15, -0.1) is 0 Å². The molecular weight excluding hydrogens is 272 g/mol. The van der Waals surface area contributed by atoms with Crippen molar-refractivity contribution in [2.75, 3.05) is 5.32 Å². The molecule has 0 bridgehead atoms. The highest BCUT2D eigenvalue weighted by molar-refractivity contribution is 6.30. The average molecular weight is 287 g/mol. The summed E-state index contributed by atoms with van der Waals surface area (Å²) in [7, 11) is 0. The highest BCUT2D eigenvalue weighted by atomic mass is 35.5. The van der Waals surface area contributed by atoms with E-state index in [0.717, 1.165) is 29.7 Å². The van der Waals surface area contributed by atoms with Crippen LogP contribution in [-0.4, -0.2) is 10.9 Å². The minimum Gasteiger partial charge on any atom is -0.324 e. The van der Waals surface area contributed by atoms with Crippen LogP contribution in [0.4, 0.5) is 5.69 Å². The van der Waals surface area contributed by atoms with E-state index < -0.39 is 0 Å². The fourth-order valence-electron chi connectivity index (χ4n) is 2.57. The van der Waals surface area contributed by atoms with Crippen LogP contribution in [0.2, 0.25) is 5.02 Å². The number of carbonyl (C=O) groups is 1. The number of amides is 1. The first kappa shape index (κ1) is 13.1. The zero-order valence-corrected chi connectivity index (χ0v) is 11.9. The summed E-state index contributed by atoms with van der Waals surface area (Å²) in [6, 6.07) is 7.67. The van der Waals surface area contributed by atoms with Gasteiger partial charge in [0.05, 0.1) is 17.8 Å². The Labute approximate surface area is 123 Å². The minimum absolute atomic E-state index is 0.0162. The van der Waals surface area contributed by atoms with Crippen LogP contribution < -0.4 is 5.32 Å². The van der Waals surface area contributed by atoms with Crippen molar-refractivity contribution in [1.29, 1.82) is 0 Å². The fourth-order valence-corrected chi connectivity index (χ4v) is 2.75. The van der Waals surface area contributed by atoms with E-state index in [9.17, 15) is 4.79 Å². The van der Waals surface area contributed by atoms with E-state index in [4.69, 9.17) is 11.6 Å². The molecule has 0 radical (unpaired) electrons. The fraction of sp³-hybridized carbons (Fsp3) is 0.250. The molecule has 0 aliphatic heterocycles. The Balaban J connectivity index is 1.78. The quantitative estimate of drug-likeness (QED) is 0.937. The van der Waals surface area contributed by atoms with Crippen molar-refractivity contribution >= 4 is 23.2 Å². The Morgan fingerprint density at radius 2 is 2.30 bits per heavy atom. The molecule has 0 saturated heterocycles. The molecule has 3 nitrogen and oxygen atoms in total. The summed E-state index contributed by atoms with van der Waals surface area (Å²) >= 11 is 5.99. The van der Waals surface area contributed by atoms with Crippen LogP contribution in [0.15, 0.2) is 36.7 Å². The van der Waals surface area contributed by atoms with Gasteiger partial charge in [-0.05, 0) is 47.7 Å². The van der Waals surface area contributed by atoms with E-state index in [2.05, 4.69) is 17.2 Å². The lowest BCUT2D eigenvalue weighted by Crippen LogP contribution is -2.30. The largest absolute Gasteiger partial charge is 0.324 e. The van der Waals surface area contributed by atoms with Crippen molar-refractivity contribution in [1.82, 2.24) is 4.98 Å². The topological polar surface area (TPSA) is 42.0 Å². The Kier molecular flexibility index (Phi) is 3.45. The molecule has 1 atom stereocenters. The molecule has 1 aliphatic carbocycles. The Morgan fingerprint density at radius 1 is 1.45 bits per heavy atom. The van der Waals surface area contributed by atoms with Crippen LogP contribution in [0.1, 0.15) is 29.5 Å². The highest BCUT2D eigenvalue weighted by Crippen LogP contribution is 2.37. The van der Waals surface area contributed by atoms with E-state index in [1.54, 1.807) is 12.4 Å². The van der Waals surface area contributed by atoms with E-state index in [-0.39, 0.29) is 11.8 Å². The number of nitrogens with zero attached hydrogens (tertiary/aromatic N) is 1. The molecule has 1 aromatic carbocycles. The lowest BCUT2D eigenvalue weighted by molar-refractivity contribution is -0.118. The van der Waals surface area contributed by atoms with Crippen molar-refractivity contribution in [2.24, 2.45) is 0 Å². The SMILES string of the molecule is CCc1ccncc1NC(=O)C1Cc2ccc(Cl)cc21. The van der Waals surface area contributed by atoms with Crippen molar-refractivity contribution in [2.45, 2.75) is 25.7 Å². The van der Waals surface area contributed by atoms with Crippen molar-refractivity contribution in [3.05, 3.63) is 58.4 Å². The molecule has 102 valence electrons. The number of anilines is 1. The third kappa shape index (κ3) is 2.29. The van der Waals surface area contributed by atoms with Gasteiger partial charge in [-0.1, -0.05) is 24.6 Å². The van der Waals surface area contributed by atoms with Crippen molar-refractivity contribution in [3.8, 4) is 0 Å². The third-order valence-corrected chi connectivity index (χ3v) is 4.01. The van der Waals surface area contributed by atoms with E-state index >= 15 is 0 Å². The number of aromatic nitrogens is 1. The number of aryl methyl sites for hydroxylation is 1. The molecule has 0 spiro atoms. The van der Waals surface area contributed by atoms with Crippen LogP contribution in [0.3, 0.4) is 0 Å². The molecule has 3 rings (SSSR count). The second kappa shape index (κ2) is 5.25. The first-order valence-corrected chi connectivity index (χ1v) is 7.09. The van der Waals surface area contributed by atoms with E-state index in [1.807, 2.05) is 24.3 Å². The summed E-state index contributed by atoms with van der Waals surface area (Å²) in [5, 5.41) is 3.66. The molecule has 0 saturated carbocycles. The number of pyridine rings is 1. The summed E-state index contributed by atoms with van der Waals surface area (Å²) in [5.74, 6) is -0.0870. The lowest BCUT2D eigenvalue weighted by atomic mass is 9.77. The summed E-state index contributed by atoms with van der Waals surface area (Å²) in [4.78, 5) is 16.4. The average Bonchev–Trinajstić information content (AvgIpc) is 2.43. The Morgan fingerprint density at radius 3 is 3.10 bits per heavy atom. The molecule has 1 heterocycles. The molecule has 20 heavy (non-hydrogen) atoms. The van der Waals surface area contributed by atoms with Gasteiger partial charge in [0, 0.05) is 11.2 Å². The summed E-state index contributed by atoms with van der Waals surface area (Å²) in [6.07, 6.45) is 5.09. The predicted octanol–water partition coefficient (Wildman–Crippen LogP) is 3.58. The molecule has 2 aromatic rings. The lowest BCUT2D eigenvalue weighted by Gasteiger charge is -2.29. The standard InChI is InChI=1S/C16H15ClN2O/c1-2-10-5-6-18-9-15(10)19-16(20)14-7-11-3-4-12(17)8-13(11)14/h3-6,8-9,14H,2,7H2,1H3,(H,19,20). The highest BCUT2D eigenvalue weighted by Gasteiger charge is 2.32.